The normalized spacial score (nSPS) is 8.26. The van der Waals surface area contributed by atoms with Gasteiger partial charge in [-0.1, -0.05) is 13.3 Å². The van der Waals surface area contributed by atoms with E-state index in [9.17, 15) is 4.79 Å². The Morgan fingerprint density at radius 1 is 0.613 bits per heavy atom. The molecule has 0 fully saturated rings. The van der Waals surface area contributed by atoms with E-state index in [1.807, 2.05) is 6.92 Å². The smallest absolute Gasteiger partial charge is 0.303 e. The van der Waals surface area contributed by atoms with Gasteiger partial charge in [0.2, 0.25) is 0 Å². The van der Waals surface area contributed by atoms with E-state index >= 15 is 0 Å². The molecule has 0 saturated carbocycles. The molecule has 0 rings (SSSR count). The summed E-state index contributed by atoms with van der Waals surface area (Å²) in [5.41, 5.74) is 0. The molecule has 31 heavy (non-hydrogen) atoms. The summed E-state index contributed by atoms with van der Waals surface area (Å²) in [7, 11) is 0. The Bertz CT molecular complexity index is 342. The van der Waals surface area contributed by atoms with Crippen molar-refractivity contribution in [1.29, 1.82) is 0 Å². The van der Waals surface area contributed by atoms with Crippen LogP contribution in [0, 0.1) is 0 Å². The van der Waals surface area contributed by atoms with Crippen LogP contribution in [0.25, 0.3) is 0 Å². The first-order valence-electron chi connectivity index (χ1n) is 8.69. The second-order valence-electron chi connectivity index (χ2n) is 5.09. The van der Waals surface area contributed by atoms with E-state index in [0.29, 0.717) is 6.42 Å². The fourth-order valence-corrected chi connectivity index (χ4v) is 0.443. The van der Waals surface area contributed by atoms with Crippen molar-refractivity contribution in [2.45, 2.75) is 59.2 Å². The van der Waals surface area contributed by atoms with Gasteiger partial charge in [0.25, 0.3) is 17.9 Å². The van der Waals surface area contributed by atoms with Gasteiger partial charge in [-0.3, -0.25) is 19.2 Å². The molecule has 0 amide bonds. The number of hydrogen-bond acceptors (Lipinski definition) is 10. The predicted molar refractivity (Wildman–Crippen MR) is 107 cm³/mol. The molecule has 190 valence electrons. The Kier molecular flexibility index (Phi) is 52.7. The highest BCUT2D eigenvalue weighted by Crippen LogP contribution is 1.91. The van der Waals surface area contributed by atoms with Gasteiger partial charge in [0.15, 0.2) is 0 Å². The second-order valence-corrected chi connectivity index (χ2v) is 5.09. The van der Waals surface area contributed by atoms with Crippen LogP contribution in [0.4, 0.5) is 0 Å². The number of aliphatic hydroxyl groups is 6. The summed E-state index contributed by atoms with van der Waals surface area (Å²) in [5.74, 6) is -3.19. The summed E-state index contributed by atoms with van der Waals surface area (Å²) < 4.78 is 0. The lowest BCUT2D eigenvalue weighted by Crippen LogP contribution is -2.15. The molecule has 0 saturated heterocycles. The van der Waals surface area contributed by atoms with Crippen molar-refractivity contribution >= 4 is 23.9 Å². The minimum atomic E-state index is -0.954. The molecule has 0 aromatic heterocycles. The lowest BCUT2D eigenvalue weighted by atomic mass is 10.3. The van der Waals surface area contributed by atoms with Gasteiger partial charge >= 0.3 is 5.97 Å². The zero-order valence-electron chi connectivity index (χ0n) is 18.2. The topological polar surface area (TPSA) is 271 Å². The van der Waals surface area contributed by atoms with Gasteiger partial charge in [0.1, 0.15) is 12.2 Å². The summed E-state index contributed by atoms with van der Waals surface area (Å²) in [4.78, 5) is 36.8. The van der Waals surface area contributed by atoms with Crippen molar-refractivity contribution in [3.05, 3.63) is 0 Å². The number of carboxylic acids is 4. The van der Waals surface area contributed by atoms with E-state index in [-0.39, 0.29) is 26.4 Å². The van der Waals surface area contributed by atoms with Crippen molar-refractivity contribution in [3.8, 4) is 0 Å². The van der Waals surface area contributed by atoms with Gasteiger partial charge in [-0.15, -0.1) is 0 Å². The summed E-state index contributed by atoms with van der Waals surface area (Å²) in [6, 6.07) is 0. The molecule has 14 nitrogen and oxygen atoms in total. The molecule has 0 aromatic carbocycles. The van der Waals surface area contributed by atoms with Crippen LogP contribution in [0.3, 0.4) is 0 Å². The molecule has 14 heteroatoms. The summed E-state index contributed by atoms with van der Waals surface area (Å²) in [5, 5.41) is 78.3. The number of unbranched alkanes of at least 4 members (excludes halogenated alkanes) is 1. The molecule has 0 aliphatic rings. The molecule has 10 N–H and O–H groups in total. The van der Waals surface area contributed by atoms with Crippen molar-refractivity contribution in [3.63, 3.8) is 0 Å². The minimum absolute atomic E-state index is 0.316. The van der Waals surface area contributed by atoms with Crippen LogP contribution in [0.2, 0.25) is 0 Å². The van der Waals surface area contributed by atoms with Gasteiger partial charge in [0, 0.05) is 27.2 Å². The van der Waals surface area contributed by atoms with Crippen molar-refractivity contribution < 1.29 is 70.2 Å². The zero-order chi connectivity index (χ0) is 26.4. The zero-order valence-corrected chi connectivity index (χ0v) is 18.2. The maximum Gasteiger partial charge on any atom is 0.303 e. The molecule has 0 bridgehead atoms. The Labute approximate surface area is 180 Å². The SMILES string of the molecule is CC(=O)O.CC(=O)O.CC(=O)O.CCCCC(=O)O.OCC(O)CO.OCC(O)CO. The van der Waals surface area contributed by atoms with E-state index in [0.717, 1.165) is 33.6 Å². The van der Waals surface area contributed by atoms with Gasteiger partial charge in [-0.2, -0.15) is 0 Å². The molecule has 0 aliphatic heterocycles. The van der Waals surface area contributed by atoms with Gasteiger partial charge in [-0.05, 0) is 6.42 Å². The van der Waals surface area contributed by atoms with Crippen LogP contribution in [-0.4, -0.2) is 114 Å². The first kappa shape index (κ1) is 42.7. The Hall–Kier alpha value is -2.36. The summed E-state index contributed by atoms with van der Waals surface area (Å²) >= 11 is 0. The average Bonchev–Trinajstić information content (AvgIpc) is 2.64. The highest BCUT2D eigenvalue weighted by atomic mass is 16.4. The standard InChI is InChI=1S/C5H10O2.2C3H8O3.3C2H4O2/c1-2-3-4-5(6)7;2*4-1-3(6)2-5;3*1-2(3)4/h2-4H2,1H3,(H,6,7);2*3-6H,1-2H2;3*1H3,(H,3,4). The van der Waals surface area contributed by atoms with Crippen LogP contribution in [0.15, 0.2) is 0 Å². The minimum Gasteiger partial charge on any atom is -0.481 e. The molecule has 0 heterocycles. The number of hydrogen-bond donors (Lipinski definition) is 10. The van der Waals surface area contributed by atoms with Crippen molar-refractivity contribution in [1.82, 2.24) is 0 Å². The number of carbonyl (C=O) groups is 4. The largest absolute Gasteiger partial charge is 0.481 e. The van der Waals surface area contributed by atoms with Crippen LogP contribution in [0.5, 0.6) is 0 Å². The third-order valence-corrected chi connectivity index (χ3v) is 1.59. The monoisotopic (exact) mass is 466 g/mol. The number of rotatable bonds is 7. The highest BCUT2D eigenvalue weighted by molar-refractivity contribution is 5.66. The first-order chi connectivity index (χ1) is 14.1. The van der Waals surface area contributed by atoms with Crippen LogP contribution in [-0.2, 0) is 19.2 Å². The van der Waals surface area contributed by atoms with Gasteiger partial charge in [0.05, 0.1) is 26.4 Å². The highest BCUT2D eigenvalue weighted by Gasteiger charge is 1.94. The molecule has 0 atom stereocenters. The van der Waals surface area contributed by atoms with E-state index in [1.165, 1.54) is 0 Å². The fourth-order valence-electron chi connectivity index (χ4n) is 0.443. The molecular formula is C17H38O14. The van der Waals surface area contributed by atoms with Crippen LogP contribution in [0.1, 0.15) is 47.0 Å². The van der Waals surface area contributed by atoms with Gasteiger partial charge < -0.3 is 51.1 Å². The lowest BCUT2D eigenvalue weighted by Gasteiger charge is -1.96. The third kappa shape index (κ3) is 196. The molecule has 0 aliphatic carbocycles. The molecule has 0 unspecified atom stereocenters. The number of aliphatic hydroxyl groups excluding tert-OH is 6. The van der Waals surface area contributed by atoms with E-state index in [2.05, 4.69) is 0 Å². The third-order valence-electron chi connectivity index (χ3n) is 1.59. The molecule has 0 aromatic rings. The van der Waals surface area contributed by atoms with Crippen molar-refractivity contribution in [2.24, 2.45) is 0 Å². The van der Waals surface area contributed by atoms with E-state index < -0.39 is 36.1 Å². The van der Waals surface area contributed by atoms with Crippen molar-refractivity contribution in [2.75, 3.05) is 26.4 Å². The second kappa shape index (κ2) is 38.3. The van der Waals surface area contributed by atoms with E-state index in [1.54, 1.807) is 0 Å². The fraction of sp³-hybridized carbons (Fsp3) is 0.765. The van der Waals surface area contributed by atoms with E-state index in [4.69, 9.17) is 65.4 Å². The first-order valence-corrected chi connectivity index (χ1v) is 8.69. The maximum atomic E-state index is 9.76. The Morgan fingerprint density at radius 3 is 0.839 bits per heavy atom. The number of carboxylic acid groups (broad SMARTS) is 4. The maximum absolute atomic E-state index is 9.76. The molecule has 0 radical (unpaired) electrons. The van der Waals surface area contributed by atoms with Crippen LogP contribution >= 0.6 is 0 Å². The molecular weight excluding hydrogens is 428 g/mol. The lowest BCUT2D eigenvalue weighted by molar-refractivity contribution is -0.137. The summed E-state index contributed by atoms with van der Waals surface area (Å²) in [6.07, 6.45) is 0.174. The average molecular weight is 466 g/mol. The Morgan fingerprint density at radius 2 is 0.806 bits per heavy atom. The quantitative estimate of drug-likeness (QED) is 0.198. The summed E-state index contributed by atoms with van der Waals surface area (Å²) in [6.45, 7) is 3.77. The molecule has 0 spiro atoms. The Balaban J connectivity index is -0.0000000615. The predicted octanol–water partition coefficient (Wildman–Crippen LogP) is -1.80. The number of aliphatic carboxylic acids is 4. The van der Waals surface area contributed by atoms with Crippen LogP contribution < -0.4 is 0 Å². The van der Waals surface area contributed by atoms with Gasteiger partial charge in [-0.25, -0.2) is 0 Å².